The molecular formula is C40H79N5O8. The summed E-state index contributed by atoms with van der Waals surface area (Å²) in [5, 5.41) is 14.2. The Morgan fingerprint density at radius 1 is 0.434 bits per heavy atom. The van der Waals surface area contributed by atoms with Gasteiger partial charge in [0.2, 0.25) is 23.6 Å². The third-order valence-electron chi connectivity index (χ3n) is 8.99. The number of amides is 4. The quantitative estimate of drug-likeness (QED) is 0.0543. The molecule has 0 aromatic carbocycles. The lowest BCUT2D eigenvalue weighted by atomic mass is 10.0. The highest BCUT2D eigenvalue weighted by atomic mass is 16.5. The van der Waals surface area contributed by atoms with Gasteiger partial charge in [0.05, 0.1) is 58.9 Å². The predicted octanol–water partition coefficient (Wildman–Crippen LogP) is 4.95. The van der Waals surface area contributed by atoms with Crippen molar-refractivity contribution in [2.75, 3.05) is 86.6 Å². The second-order valence-electron chi connectivity index (χ2n) is 13.7. The molecule has 0 aromatic heterocycles. The van der Waals surface area contributed by atoms with E-state index < -0.39 is 0 Å². The van der Waals surface area contributed by atoms with Crippen LogP contribution in [0.4, 0.5) is 0 Å². The molecule has 0 aliphatic carbocycles. The summed E-state index contributed by atoms with van der Waals surface area (Å²) in [4.78, 5) is 47.5. The number of carbonyl (C=O) groups excluding carboxylic acids is 4. The van der Waals surface area contributed by atoms with Crippen molar-refractivity contribution in [2.24, 2.45) is 0 Å². The molecule has 13 nitrogen and oxygen atoms in total. The molecule has 4 amide bonds. The minimum atomic E-state index is -0.212. The Labute approximate surface area is 322 Å². The second kappa shape index (κ2) is 40.9. The van der Waals surface area contributed by atoms with E-state index in [1.807, 2.05) is 0 Å². The maximum Gasteiger partial charge on any atom is 0.236 e. The van der Waals surface area contributed by atoms with E-state index in [-0.39, 0.29) is 42.5 Å². The van der Waals surface area contributed by atoms with Crippen LogP contribution in [0.5, 0.6) is 0 Å². The first-order valence-electron chi connectivity index (χ1n) is 20.9. The third-order valence-corrected chi connectivity index (χ3v) is 8.99. The van der Waals surface area contributed by atoms with E-state index in [0.717, 1.165) is 25.7 Å². The monoisotopic (exact) mass is 758 g/mol. The maximum atomic E-state index is 12.0. The zero-order chi connectivity index (χ0) is 38.9. The summed E-state index contributed by atoms with van der Waals surface area (Å²) < 4.78 is 21.9. The second-order valence-corrected chi connectivity index (χ2v) is 13.7. The van der Waals surface area contributed by atoms with Crippen LogP contribution in [0.25, 0.3) is 0 Å². The van der Waals surface area contributed by atoms with Crippen LogP contribution >= 0.6 is 0 Å². The van der Waals surface area contributed by atoms with Crippen LogP contribution < -0.4 is 26.6 Å². The van der Waals surface area contributed by atoms with E-state index in [2.05, 4.69) is 33.5 Å². The van der Waals surface area contributed by atoms with Crippen molar-refractivity contribution in [3.05, 3.63) is 0 Å². The topological polar surface area (TPSA) is 165 Å². The molecular weight excluding hydrogens is 678 g/mol. The number of likely N-dealkylation sites (N-methyl/N-ethyl adjacent to an activating group) is 2. The van der Waals surface area contributed by atoms with Gasteiger partial charge in [-0.3, -0.25) is 19.2 Å². The van der Waals surface area contributed by atoms with Crippen LogP contribution in [0, 0.1) is 0 Å². The SMILES string of the molecule is CCCCCCCCCCCCCCCCCC(=O)NCCOCCOCCC(=O)NCCOCCOCCC(=O)NCCCCC(NC)C(=O)NC. The number of nitrogens with one attached hydrogen (secondary N) is 5. The fourth-order valence-corrected chi connectivity index (χ4v) is 5.70. The summed E-state index contributed by atoms with van der Waals surface area (Å²) in [6.07, 6.45) is 23.2. The average Bonchev–Trinajstić information content (AvgIpc) is 3.16. The average molecular weight is 758 g/mol. The molecule has 0 saturated carbocycles. The van der Waals surface area contributed by atoms with Crippen molar-refractivity contribution in [1.29, 1.82) is 0 Å². The van der Waals surface area contributed by atoms with Gasteiger partial charge in [-0.05, 0) is 32.7 Å². The number of rotatable bonds is 41. The fourth-order valence-electron chi connectivity index (χ4n) is 5.70. The normalized spacial score (nSPS) is 11.7. The molecule has 5 N–H and O–H groups in total. The number of hydrogen-bond acceptors (Lipinski definition) is 9. The van der Waals surface area contributed by atoms with Gasteiger partial charge in [-0.15, -0.1) is 0 Å². The Hall–Kier alpha value is -2.32. The zero-order valence-corrected chi connectivity index (χ0v) is 34.0. The Bertz CT molecular complexity index is 867. The fraction of sp³-hybridized carbons (Fsp3) is 0.900. The van der Waals surface area contributed by atoms with Crippen LogP contribution in [0.1, 0.15) is 142 Å². The lowest BCUT2D eigenvalue weighted by molar-refractivity contribution is -0.123. The molecule has 0 spiro atoms. The Balaban J connectivity index is 3.35. The van der Waals surface area contributed by atoms with Gasteiger partial charge >= 0.3 is 0 Å². The summed E-state index contributed by atoms with van der Waals surface area (Å²) in [6.45, 7) is 6.71. The summed E-state index contributed by atoms with van der Waals surface area (Å²) in [5.74, 6) is -0.119. The highest BCUT2D eigenvalue weighted by Gasteiger charge is 2.13. The van der Waals surface area contributed by atoms with Crippen LogP contribution in [0.15, 0.2) is 0 Å². The van der Waals surface area contributed by atoms with E-state index in [1.165, 1.54) is 83.5 Å². The zero-order valence-electron chi connectivity index (χ0n) is 34.0. The van der Waals surface area contributed by atoms with Crippen LogP contribution in [-0.2, 0) is 38.1 Å². The Morgan fingerprint density at radius 3 is 1.26 bits per heavy atom. The number of carbonyl (C=O) groups is 4. The Morgan fingerprint density at radius 2 is 0.830 bits per heavy atom. The van der Waals surface area contributed by atoms with Crippen molar-refractivity contribution in [3.8, 4) is 0 Å². The van der Waals surface area contributed by atoms with E-state index in [1.54, 1.807) is 14.1 Å². The highest BCUT2D eigenvalue weighted by Crippen LogP contribution is 2.13. The van der Waals surface area contributed by atoms with Gasteiger partial charge in [-0.25, -0.2) is 0 Å². The van der Waals surface area contributed by atoms with Gasteiger partial charge in [-0.2, -0.15) is 0 Å². The molecule has 0 aliphatic rings. The molecule has 13 heteroatoms. The van der Waals surface area contributed by atoms with Crippen molar-refractivity contribution in [2.45, 2.75) is 148 Å². The molecule has 0 aliphatic heterocycles. The minimum absolute atomic E-state index is 0.0305. The molecule has 0 fully saturated rings. The van der Waals surface area contributed by atoms with Crippen LogP contribution in [0.3, 0.4) is 0 Å². The summed E-state index contributed by atoms with van der Waals surface area (Å²) in [6, 6.07) is -0.212. The smallest absolute Gasteiger partial charge is 0.236 e. The molecule has 1 atom stereocenters. The lowest BCUT2D eigenvalue weighted by Crippen LogP contribution is -2.41. The van der Waals surface area contributed by atoms with E-state index in [0.29, 0.717) is 85.3 Å². The van der Waals surface area contributed by atoms with E-state index >= 15 is 0 Å². The molecule has 0 saturated heterocycles. The highest BCUT2D eigenvalue weighted by molar-refractivity contribution is 5.81. The molecule has 0 rings (SSSR count). The van der Waals surface area contributed by atoms with Crippen molar-refractivity contribution in [3.63, 3.8) is 0 Å². The number of ether oxygens (including phenoxy) is 4. The summed E-state index contributed by atoms with van der Waals surface area (Å²) >= 11 is 0. The lowest BCUT2D eigenvalue weighted by Gasteiger charge is -2.14. The molecule has 0 bridgehead atoms. The van der Waals surface area contributed by atoms with E-state index in [4.69, 9.17) is 18.9 Å². The van der Waals surface area contributed by atoms with Crippen molar-refractivity contribution < 1.29 is 38.1 Å². The first-order valence-corrected chi connectivity index (χ1v) is 20.9. The standard InChI is InChI=1S/C40H79N5O8/c1-4-5-6-7-8-9-10-11-12-13-14-15-16-17-18-22-37(46)44-26-30-52-34-33-51-29-24-39(48)45-27-31-53-35-32-50-28-23-38(47)43-25-20-19-21-36(41-2)40(49)42-3/h36,41H,4-35H2,1-3H3,(H,42,49)(H,43,47)(H,44,46)(H,45,48). The summed E-state index contributed by atoms with van der Waals surface area (Å²) in [5.41, 5.74) is 0. The first-order chi connectivity index (χ1) is 25.9. The van der Waals surface area contributed by atoms with Crippen molar-refractivity contribution >= 4 is 23.6 Å². The van der Waals surface area contributed by atoms with Crippen LogP contribution in [-0.4, -0.2) is 116 Å². The molecule has 53 heavy (non-hydrogen) atoms. The first kappa shape index (κ1) is 50.7. The third kappa shape index (κ3) is 37.8. The molecule has 0 heterocycles. The molecule has 0 radical (unpaired) electrons. The van der Waals surface area contributed by atoms with Gasteiger partial charge in [0.15, 0.2) is 0 Å². The number of unbranched alkanes of at least 4 members (excludes halogenated alkanes) is 15. The molecule has 312 valence electrons. The largest absolute Gasteiger partial charge is 0.379 e. The van der Waals surface area contributed by atoms with Gasteiger partial charge in [0.1, 0.15) is 0 Å². The van der Waals surface area contributed by atoms with Gasteiger partial charge in [-0.1, -0.05) is 96.8 Å². The Kier molecular flexibility index (Phi) is 39.1. The molecule has 1 unspecified atom stereocenters. The van der Waals surface area contributed by atoms with Crippen molar-refractivity contribution in [1.82, 2.24) is 26.6 Å². The van der Waals surface area contributed by atoms with Gasteiger partial charge < -0.3 is 45.5 Å². The molecule has 0 aromatic rings. The maximum absolute atomic E-state index is 12.0. The number of hydrogen-bond donors (Lipinski definition) is 5. The minimum Gasteiger partial charge on any atom is -0.379 e. The summed E-state index contributed by atoms with van der Waals surface area (Å²) in [7, 11) is 3.38. The van der Waals surface area contributed by atoms with Gasteiger partial charge in [0, 0.05) is 45.9 Å². The van der Waals surface area contributed by atoms with E-state index in [9.17, 15) is 19.2 Å². The van der Waals surface area contributed by atoms with Crippen LogP contribution in [0.2, 0.25) is 0 Å². The van der Waals surface area contributed by atoms with Gasteiger partial charge in [0.25, 0.3) is 0 Å². The predicted molar refractivity (Wildman–Crippen MR) is 212 cm³/mol.